The average Bonchev–Trinajstić information content (AvgIpc) is 2.74. The quantitative estimate of drug-likeness (QED) is 0.585. The molecule has 3 aromatic rings. The predicted octanol–water partition coefficient (Wildman–Crippen LogP) is 4.49. The van der Waals surface area contributed by atoms with Gasteiger partial charge in [-0.25, -0.2) is 0 Å². The molecular weight excluding hydrogens is 382 g/mol. The summed E-state index contributed by atoms with van der Waals surface area (Å²) < 4.78 is 5.20. The highest BCUT2D eigenvalue weighted by Crippen LogP contribution is 2.25. The van der Waals surface area contributed by atoms with Crippen LogP contribution >= 0.6 is 11.8 Å². The summed E-state index contributed by atoms with van der Waals surface area (Å²) in [6.45, 7) is 6.75. The fraction of sp³-hybridized carbons (Fsp3) is 0.261. The van der Waals surface area contributed by atoms with Gasteiger partial charge in [0, 0.05) is 12.1 Å². The first kappa shape index (κ1) is 20.9. The standard InChI is InChI=1S/C23H25N3O2S/c1-15-10-17(3)20(11-16(15)2)21-8-9-23(26-25-21)29-14-22(27)24-13-18-6-5-7-19(12-18)28-4/h5-12H,13-14H2,1-4H3,(H,24,27). The number of rotatable bonds is 7. The lowest BCUT2D eigenvalue weighted by molar-refractivity contribution is -0.118. The fourth-order valence-corrected chi connectivity index (χ4v) is 3.59. The van der Waals surface area contributed by atoms with Crippen molar-refractivity contribution in [1.29, 1.82) is 0 Å². The van der Waals surface area contributed by atoms with Gasteiger partial charge in [-0.15, -0.1) is 10.2 Å². The van der Waals surface area contributed by atoms with Gasteiger partial charge >= 0.3 is 0 Å². The minimum Gasteiger partial charge on any atom is -0.497 e. The lowest BCUT2D eigenvalue weighted by Crippen LogP contribution is -2.24. The van der Waals surface area contributed by atoms with Crippen LogP contribution in [0.2, 0.25) is 0 Å². The molecule has 0 aliphatic carbocycles. The maximum Gasteiger partial charge on any atom is 0.230 e. The van der Waals surface area contributed by atoms with Crippen molar-refractivity contribution >= 4 is 17.7 Å². The second kappa shape index (κ2) is 9.56. The van der Waals surface area contributed by atoms with E-state index in [0.717, 1.165) is 27.6 Å². The molecule has 0 atom stereocenters. The largest absolute Gasteiger partial charge is 0.497 e. The third kappa shape index (κ3) is 5.57. The SMILES string of the molecule is COc1cccc(CNC(=O)CSc2ccc(-c3cc(C)c(C)cc3C)nn2)c1. The van der Waals surface area contributed by atoms with Crippen molar-refractivity contribution in [3.05, 3.63) is 70.8 Å². The Hall–Kier alpha value is -2.86. The van der Waals surface area contributed by atoms with E-state index in [1.807, 2.05) is 36.4 Å². The van der Waals surface area contributed by atoms with Gasteiger partial charge in [-0.3, -0.25) is 4.79 Å². The number of ether oxygens (including phenoxy) is 1. The minimum absolute atomic E-state index is 0.0475. The molecule has 0 saturated carbocycles. The molecule has 6 heteroatoms. The fourth-order valence-electron chi connectivity index (χ4n) is 2.95. The lowest BCUT2D eigenvalue weighted by Gasteiger charge is -2.09. The number of hydrogen-bond donors (Lipinski definition) is 1. The minimum atomic E-state index is -0.0475. The zero-order chi connectivity index (χ0) is 20.8. The smallest absolute Gasteiger partial charge is 0.230 e. The lowest BCUT2D eigenvalue weighted by atomic mass is 9.99. The third-order valence-corrected chi connectivity index (χ3v) is 5.65. The van der Waals surface area contributed by atoms with Crippen molar-refractivity contribution in [3.8, 4) is 17.0 Å². The number of aromatic nitrogens is 2. The molecule has 0 unspecified atom stereocenters. The van der Waals surface area contributed by atoms with Crippen molar-refractivity contribution < 1.29 is 9.53 Å². The zero-order valence-corrected chi connectivity index (χ0v) is 18.0. The molecule has 2 aromatic carbocycles. The van der Waals surface area contributed by atoms with Gasteiger partial charge in [0.15, 0.2) is 0 Å². The van der Waals surface area contributed by atoms with Crippen LogP contribution in [-0.4, -0.2) is 29.0 Å². The van der Waals surface area contributed by atoms with Crippen LogP contribution in [-0.2, 0) is 11.3 Å². The number of nitrogens with zero attached hydrogens (tertiary/aromatic N) is 2. The molecule has 0 saturated heterocycles. The topological polar surface area (TPSA) is 64.1 Å². The molecule has 3 rings (SSSR count). The number of carbonyl (C=O) groups is 1. The maximum atomic E-state index is 12.1. The van der Waals surface area contributed by atoms with Crippen LogP contribution in [0.4, 0.5) is 0 Å². The Morgan fingerprint density at radius 3 is 2.52 bits per heavy atom. The summed E-state index contributed by atoms with van der Waals surface area (Å²) in [7, 11) is 1.63. The second-order valence-corrected chi connectivity index (χ2v) is 7.92. The second-order valence-electron chi connectivity index (χ2n) is 6.93. The summed E-state index contributed by atoms with van der Waals surface area (Å²) in [5.41, 5.74) is 6.62. The molecule has 1 heterocycles. The number of thioether (sulfide) groups is 1. The Morgan fingerprint density at radius 1 is 1.00 bits per heavy atom. The van der Waals surface area contributed by atoms with E-state index in [-0.39, 0.29) is 5.91 Å². The Kier molecular flexibility index (Phi) is 6.88. The predicted molar refractivity (Wildman–Crippen MR) is 117 cm³/mol. The van der Waals surface area contributed by atoms with Crippen LogP contribution < -0.4 is 10.1 Å². The summed E-state index contributed by atoms with van der Waals surface area (Å²) in [5, 5.41) is 12.3. The highest BCUT2D eigenvalue weighted by Gasteiger charge is 2.09. The normalized spacial score (nSPS) is 10.6. The Morgan fingerprint density at radius 2 is 1.79 bits per heavy atom. The van der Waals surface area contributed by atoms with Gasteiger partial charge < -0.3 is 10.1 Å². The number of hydrogen-bond acceptors (Lipinski definition) is 5. The highest BCUT2D eigenvalue weighted by atomic mass is 32.2. The first-order valence-electron chi connectivity index (χ1n) is 9.40. The molecule has 0 radical (unpaired) electrons. The van der Waals surface area contributed by atoms with Crippen LogP contribution in [0.5, 0.6) is 5.75 Å². The van der Waals surface area contributed by atoms with E-state index in [9.17, 15) is 4.79 Å². The van der Waals surface area contributed by atoms with Gasteiger partial charge in [0.05, 0.1) is 18.6 Å². The van der Waals surface area contributed by atoms with E-state index in [1.54, 1.807) is 7.11 Å². The van der Waals surface area contributed by atoms with E-state index >= 15 is 0 Å². The summed E-state index contributed by atoms with van der Waals surface area (Å²) in [6, 6.07) is 15.8. The maximum absolute atomic E-state index is 12.1. The number of carbonyl (C=O) groups excluding carboxylic acids is 1. The first-order chi connectivity index (χ1) is 14.0. The Labute approximate surface area is 175 Å². The van der Waals surface area contributed by atoms with E-state index < -0.39 is 0 Å². The van der Waals surface area contributed by atoms with Gasteiger partial charge in [0.2, 0.25) is 5.91 Å². The monoisotopic (exact) mass is 407 g/mol. The molecule has 0 fully saturated rings. The van der Waals surface area contributed by atoms with E-state index in [0.29, 0.717) is 12.3 Å². The number of methoxy groups -OCH3 is 1. The van der Waals surface area contributed by atoms with Crippen molar-refractivity contribution in [1.82, 2.24) is 15.5 Å². The third-order valence-electron chi connectivity index (χ3n) is 4.73. The summed E-state index contributed by atoms with van der Waals surface area (Å²) in [6.07, 6.45) is 0. The van der Waals surface area contributed by atoms with Gasteiger partial charge in [-0.1, -0.05) is 30.0 Å². The summed E-state index contributed by atoms with van der Waals surface area (Å²) in [4.78, 5) is 12.1. The number of amides is 1. The molecule has 1 aromatic heterocycles. The Balaban J connectivity index is 1.55. The van der Waals surface area contributed by atoms with Crippen molar-refractivity contribution in [2.24, 2.45) is 0 Å². The summed E-state index contributed by atoms with van der Waals surface area (Å²) >= 11 is 1.37. The van der Waals surface area contributed by atoms with Gasteiger partial charge in [-0.05, 0) is 73.4 Å². The molecular formula is C23H25N3O2S. The average molecular weight is 408 g/mol. The van der Waals surface area contributed by atoms with Gasteiger partial charge in [0.1, 0.15) is 10.8 Å². The number of aryl methyl sites for hydroxylation is 3. The molecule has 0 spiro atoms. The van der Waals surface area contributed by atoms with E-state index in [2.05, 4.69) is 48.4 Å². The highest BCUT2D eigenvalue weighted by molar-refractivity contribution is 7.99. The van der Waals surface area contributed by atoms with Gasteiger partial charge in [-0.2, -0.15) is 0 Å². The van der Waals surface area contributed by atoms with Crippen LogP contribution in [0.3, 0.4) is 0 Å². The molecule has 5 nitrogen and oxygen atoms in total. The molecule has 0 aliphatic rings. The van der Waals surface area contributed by atoms with Crippen molar-refractivity contribution in [3.63, 3.8) is 0 Å². The van der Waals surface area contributed by atoms with E-state index in [4.69, 9.17) is 4.74 Å². The van der Waals surface area contributed by atoms with Crippen LogP contribution in [0.1, 0.15) is 22.3 Å². The number of benzene rings is 2. The zero-order valence-electron chi connectivity index (χ0n) is 17.2. The van der Waals surface area contributed by atoms with E-state index in [1.165, 1.54) is 28.5 Å². The molecule has 1 amide bonds. The van der Waals surface area contributed by atoms with Crippen LogP contribution in [0, 0.1) is 20.8 Å². The molecule has 1 N–H and O–H groups in total. The van der Waals surface area contributed by atoms with Crippen molar-refractivity contribution in [2.45, 2.75) is 32.3 Å². The van der Waals surface area contributed by atoms with Gasteiger partial charge in [0.25, 0.3) is 0 Å². The van der Waals surface area contributed by atoms with Crippen LogP contribution in [0.25, 0.3) is 11.3 Å². The molecule has 29 heavy (non-hydrogen) atoms. The molecule has 0 aliphatic heterocycles. The molecule has 0 bridgehead atoms. The Bertz CT molecular complexity index is 1000. The van der Waals surface area contributed by atoms with Crippen LogP contribution in [0.15, 0.2) is 53.6 Å². The number of nitrogens with one attached hydrogen (secondary N) is 1. The first-order valence-corrected chi connectivity index (χ1v) is 10.4. The summed E-state index contributed by atoms with van der Waals surface area (Å²) in [5.74, 6) is 1.02. The molecule has 150 valence electrons. The van der Waals surface area contributed by atoms with Crippen molar-refractivity contribution in [2.75, 3.05) is 12.9 Å².